The number of fused-ring (bicyclic) bond motifs is 1. The molecule has 13 heteroatoms. The largest absolute Gasteiger partial charge is 0.453 e. The molecular formula is C20H21N3O10. The van der Waals surface area contributed by atoms with E-state index >= 15 is 0 Å². The van der Waals surface area contributed by atoms with Crippen LogP contribution in [0.4, 0.5) is 0 Å². The minimum atomic E-state index is -1.57. The number of carbonyl (C=O) groups excluding carboxylic acids is 4. The van der Waals surface area contributed by atoms with Gasteiger partial charge in [-0.05, 0) is 6.08 Å². The van der Waals surface area contributed by atoms with Crippen molar-refractivity contribution in [3.63, 3.8) is 0 Å². The maximum atomic E-state index is 12.0. The number of hydrogen-bond acceptors (Lipinski definition) is 13. The molecule has 5 atom stereocenters. The topological polar surface area (TPSA) is 162 Å². The number of nitrogens with one attached hydrogen (secondary N) is 1. The molecule has 0 aromatic rings. The summed E-state index contributed by atoms with van der Waals surface area (Å²) in [6, 6.07) is 0. The summed E-state index contributed by atoms with van der Waals surface area (Å²) in [6.07, 6.45) is 3.21. The van der Waals surface area contributed by atoms with Crippen molar-refractivity contribution in [2.75, 3.05) is 6.61 Å². The second-order valence-electron chi connectivity index (χ2n) is 7.25. The molecule has 0 aromatic carbocycles. The van der Waals surface area contributed by atoms with Gasteiger partial charge in [0.2, 0.25) is 6.35 Å². The van der Waals surface area contributed by atoms with Crippen LogP contribution in [0.5, 0.6) is 0 Å². The van der Waals surface area contributed by atoms with E-state index < -0.39 is 61.4 Å². The first kappa shape index (κ1) is 23.8. The zero-order valence-corrected chi connectivity index (χ0v) is 17.6. The molecule has 0 amide bonds. The van der Waals surface area contributed by atoms with Gasteiger partial charge in [0.25, 0.3) is 0 Å². The third-order valence-corrected chi connectivity index (χ3v) is 4.59. The Kier molecular flexibility index (Phi) is 7.31. The highest BCUT2D eigenvalue weighted by Gasteiger charge is 2.53. The highest BCUT2D eigenvalue weighted by molar-refractivity contribution is 5.94. The molecule has 0 spiro atoms. The van der Waals surface area contributed by atoms with E-state index in [1.165, 1.54) is 17.2 Å². The van der Waals surface area contributed by atoms with Crippen molar-refractivity contribution < 1.29 is 48.1 Å². The molecule has 33 heavy (non-hydrogen) atoms. The number of hydroxylamine groups is 1. The molecule has 0 aromatic heterocycles. The van der Waals surface area contributed by atoms with Crippen LogP contribution < -0.4 is 5.48 Å². The fraction of sp³-hybridized carbons (Fsp3) is 0.450. The zero-order valence-electron chi connectivity index (χ0n) is 17.6. The molecule has 0 aliphatic carbocycles. The van der Waals surface area contributed by atoms with E-state index in [1.54, 1.807) is 19.8 Å². The number of carbonyl (C=O) groups is 4. The molecule has 1 fully saturated rings. The number of ether oxygens (including phenoxy) is 4. The van der Waals surface area contributed by atoms with Crippen molar-refractivity contribution in [3.8, 4) is 12.3 Å². The van der Waals surface area contributed by atoms with Gasteiger partial charge in [-0.25, -0.2) is 29.7 Å². The first-order chi connectivity index (χ1) is 15.7. The number of terminal acetylenes is 1. The molecule has 1 saturated heterocycles. The van der Waals surface area contributed by atoms with Crippen LogP contribution in [-0.2, 0) is 43.0 Å². The Morgan fingerprint density at radius 1 is 1.24 bits per heavy atom. The van der Waals surface area contributed by atoms with Crippen LogP contribution >= 0.6 is 0 Å². The van der Waals surface area contributed by atoms with Gasteiger partial charge in [0.1, 0.15) is 12.7 Å². The van der Waals surface area contributed by atoms with Crippen LogP contribution in [0.25, 0.3) is 0 Å². The second kappa shape index (κ2) is 10.2. The summed E-state index contributed by atoms with van der Waals surface area (Å²) in [6.45, 7) is 2.87. The van der Waals surface area contributed by atoms with Crippen LogP contribution in [0.2, 0.25) is 0 Å². The quantitative estimate of drug-likeness (QED) is 0.163. The lowest BCUT2D eigenvalue weighted by Gasteiger charge is -2.34. The Balaban J connectivity index is 1.77. The molecule has 0 saturated carbocycles. The summed E-state index contributed by atoms with van der Waals surface area (Å²) in [7, 11) is 0. The van der Waals surface area contributed by atoms with Crippen LogP contribution in [0.1, 0.15) is 13.8 Å². The maximum Gasteiger partial charge on any atom is 0.384 e. The van der Waals surface area contributed by atoms with E-state index in [1.807, 2.05) is 0 Å². The van der Waals surface area contributed by atoms with E-state index in [2.05, 4.69) is 10.5 Å². The van der Waals surface area contributed by atoms with E-state index in [0.717, 1.165) is 12.2 Å². The first-order valence-corrected chi connectivity index (χ1v) is 9.76. The summed E-state index contributed by atoms with van der Waals surface area (Å²) in [5, 5.41) is 10.5. The summed E-state index contributed by atoms with van der Waals surface area (Å²) in [5.41, 5.74) is 2.33. The molecule has 3 rings (SSSR count). The number of rotatable bonds is 4. The molecule has 176 valence electrons. The summed E-state index contributed by atoms with van der Waals surface area (Å²) < 4.78 is 21.3. The third kappa shape index (κ3) is 5.68. The number of aliphatic hydroxyl groups is 1. The highest BCUT2D eigenvalue weighted by Crippen LogP contribution is 2.32. The van der Waals surface area contributed by atoms with Crippen LogP contribution in [0, 0.1) is 18.3 Å². The van der Waals surface area contributed by atoms with Gasteiger partial charge in [-0.1, -0.05) is 13.8 Å². The van der Waals surface area contributed by atoms with Crippen LogP contribution in [0.15, 0.2) is 29.4 Å². The number of nitrogens with zero attached hydrogens (tertiary/aromatic N) is 2. The van der Waals surface area contributed by atoms with E-state index in [0.29, 0.717) is 0 Å². The van der Waals surface area contributed by atoms with Crippen molar-refractivity contribution in [1.82, 2.24) is 10.4 Å². The third-order valence-electron chi connectivity index (χ3n) is 4.59. The lowest BCUT2D eigenvalue weighted by atomic mass is 10.1. The van der Waals surface area contributed by atoms with E-state index in [4.69, 9.17) is 30.2 Å². The van der Waals surface area contributed by atoms with Gasteiger partial charge in [-0.15, -0.1) is 6.42 Å². The van der Waals surface area contributed by atoms with Gasteiger partial charge in [0.15, 0.2) is 24.3 Å². The molecule has 0 bridgehead atoms. The van der Waals surface area contributed by atoms with E-state index in [-0.39, 0.29) is 11.8 Å². The SMILES string of the molecule is C#CC(=O)OC[C@H]1O[C@@H](N2C=CC(NOC(=O)C(C)C)=NC2O)[C@@H]2OC(=O)/C=C\C(=O)O[C@@H]21. The van der Waals surface area contributed by atoms with Crippen molar-refractivity contribution in [2.24, 2.45) is 10.9 Å². The van der Waals surface area contributed by atoms with Gasteiger partial charge < -0.3 is 33.8 Å². The van der Waals surface area contributed by atoms with Crippen molar-refractivity contribution in [2.45, 2.75) is 44.7 Å². The summed E-state index contributed by atoms with van der Waals surface area (Å²) in [5.74, 6) is -1.78. The Bertz CT molecular complexity index is 950. The summed E-state index contributed by atoms with van der Waals surface area (Å²) >= 11 is 0. The van der Waals surface area contributed by atoms with Gasteiger partial charge in [0, 0.05) is 24.3 Å². The number of hydrogen-bond donors (Lipinski definition) is 2. The van der Waals surface area contributed by atoms with Crippen molar-refractivity contribution in [1.29, 1.82) is 0 Å². The summed E-state index contributed by atoms with van der Waals surface area (Å²) in [4.78, 5) is 56.9. The predicted molar refractivity (Wildman–Crippen MR) is 106 cm³/mol. The van der Waals surface area contributed by atoms with Crippen molar-refractivity contribution in [3.05, 3.63) is 24.4 Å². The fourth-order valence-corrected chi connectivity index (χ4v) is 3.00. The lowest BCUT2D eigenvalue weighted by Crippen LogP contribution is -2.50. The van der Waals surface area contributed by atoms with E-state index in [9.17, 15) is 24.3 Å². The molecule has 0 radical (unpaired) electrons. The predicted octanol–water partition coefficient (Wildman–Crippen LogP) is -1.51. The van der Waals surface area contributed by atoms with Gasteiger partial charge in [-0.3, -0.25) is 0 Å². The average Bonchev–Trinajstić information content (AvgIpc) is 3.09. The van der Waals surface area contributed by atoms with Crippen molar-refractivity contribution >= 4 is 29.7 Å². The highest BCUT2D eigenvalue weighted by atomic mass is 16.7. The maximum absolute atomic E-state index is 12.0. The normalized spacial score (nSPS) is 29.5. The lowest BCUT2D eigenvalue weighted by molar-refractivity contribution is -0.170. The van der Waals surface area contributed by atoms with Crippen LogP contribution in [0.3, 0.4) is 0 Å². The molecular weight excluding hydrogens is 442 g/mol. The second-order valence-corrected chi connectivity index (χ2v) is 7.25. The Labute approximate surface area is 187 Å². The number of esters is 3. The molecule has 3 aliphatic rings. The molecule has 3 heterocycles. The zero-order chi connectivity index (χ0) is 24.1. The molecule has 1 unspecified atom stereocenters. The molecule has 2 N–H and O–H groups in total. The Morgan fingerprint density at radius 3 is 2.52 bits per heavy atom. The van der Waals surface area contributed by atoms with Gasteiger partial charge >= 0.3 is 23.9 Å². The minimum absolute atomic E-state index is 0.0332. The minimum Gasteiger partial charge on any atom is -0.453 e. The average molecular weight is 463 g/mol. The molecule has 13 nitrogen and oxygen atoms in total. The number of aliphatic hydroxyl groups excluding tert-OH is 1. The number of aliphatic imine (C=N–C) groups is 1. The fourth-order valence-electron chi connectivity index (χ4n) is 3.00. The standard InChI is InChI=1S/C20H21N3O10/c1-4-13(24)29-9-11-16-17(32-15(26)6-5-14(25)31-16)18(30-11)23-8-7-12(21-20(23)28)22-33-19(27)10(2)3/h1,5-8,10-11,16-18,20,28H,9H2,2-3H3,(H,21,22)/b6-5-/t11-,16-,17-,18-,20?/m1/s1. The van der Waals surface area contributed by atoms with Gasteiger partial charge in [0.05, 0.1) is 5.92 Å². The number of amidine groups is 1. The Morgan fingerprint density at radius 2 is 1.91 bits per heavy atom. The van der Waals surface area contributed by atoms with Crippen LogP contribution in [-0.4, -0.2) is 77.2 Å². The smallest absolute Gasteiger partial charge is 0.384 e. The monoisotopic (exact) mass is 463 g/mol. The van der Waals surface area contributed by atoms with Gasteiger partial charge in [-0.2, -0.15) is 0 Å². The first-order valence-electron chi connectivity index (χ1n) is 9.76. The Hall–Kier alpha value is -3.89. The molecule has 3 aliphatic heterocycles.